The van der Waals surface area contributed by atoms with E-state index in [4.69, 9.17) is 10.5 Å². The molecule has 0 aliphatic carbocycles. The van der Waals surface area contributed by atoms with Crippen LogP contribution in [-0.4, -0.2) is 30.6 Å². The van der Waals surface area contributed by atoms with Gasteiger partial charge in [0.2, 0.25) is 0 Å². The van der Waals surface area contributed by atoms with E-state index in [1.54, 1.807) is 6.07 Å². The summed E-state index contributed by atoms with van der Waals surface area (Å²) in [6, 6.07) is 1.80. The van der Waals surface area contributed by atoms with Crippen molar-refractivity contribution in [2.45, 2.75) is 33.1 Å². The summed E-state index contributed by atoms with van der Waals surface area (Å²) in [4.78, 5) is 15.9. The summed E-state index contributed by atoms with van der Waals surface area (Å²) in [5.41, 5.74) is 7.77. The molecular formula is C15H23N3O2. The van der Waals surface area contributed by atoms with Gasteiger partial charge < -0.3 is 15.8 Å². The van der Waals surface area contributed by atoms with Gasteiger partial charge in [0.1, 0.15) is 5.82 Å². The number of nitrogens with two attached hydrogens (primary N) is 1. The number of ether oxygens (including phenoxy) is 1. The molecule has 2 heterocycles. The van der Waals surface area contributed by atoms with Gasteiger partial charge in [-0.3, -0.25) is 4.79 Å². The number of nitrogens with zero attached hydrogens (tertiary/aromatic N) is 1. The predicted octanol–water partition coefficient (Wildman–Crippen LogP) is 2.03. The summed E-state index contributed by atoms with van der Waals surface area (Å²) >= 11 is 0. The van der Waals surface area contributed by atoms with Crippen LogP contribution in [-0.2, 0) is 4.74 Å². The number of anilines is 1. The van der Waals surface area contributed by atoms with Gasteiger partial charge in [-0.05, 0) is 50.7 Å². The van der Waals surface area contributed by atoms with Crippen molar-refractivity contribution in [3.05, 3.63) is 22.9 Å². The van der Waals surface area contributed by atoms with E-state index in [1.165, 1.54) is 6.42 Å². The van der Waals surface area contributed by atoms with Gasteiger partial charge in [0.15, 0.2) is 0 Å². The first-order valence-corrected chi connectivity index (χ1v) is 7.17. The maximum atomic E-state index is 11.5. The molecule has 1 aromatic rings. The van der Waals surface area contributed by atoms with Crippen molar-refractivity contribution >= 4 is 11.7 Å². The largest absolute Gasteiger partial charge is 0.381 e. The highest BCUT2D eigenvalue weighted by molar-refractivity contribution is 5.97. The Bertz CT molecular complexity index is 482. The van der Waals surface area contributed by atoms with E-state index >= 15 is 0 Å². The molecule has 0 bridgehead atoms. The molecule has 1 atom stereocenters. The lowest BCUT2D eigenvalue weighted by atomic mass is 9.99. The smallest absolute Gasteiger partial charge is 0.252 e. The minimum Gasteiger partial charge on any atom is -0.381 e. The van der Waals surface area contributed by atoms with Crippen LogP contribution in [0, 0.1) is 19.8 Å². The van der Waals surface area contributed by atoms with Crippen LogP contribution in [0.1, 0.15) is 40.9 Å². The van der Waals surface area contributed by atoms with Gasteiger partial charge in [0.05, 0.1) is 5.56 Å². The third kappa shape index (κ3) is 3.70. The average molecular weight is 277 g/mol. The molecule has 1 aliphatic heterocycles. The van der Waals surface area contributed by atoms with Crippen molar-refractivity contribution in [1.82, 2.24) is 4.98 Å². The van der Waals surface area contributed by atoms with Gasteiger partial charge in [-0.2, -0.15) is 0 Å². The number of hydrogen-bond donors (Lipinski definition) is 2. The van der Waals surface area contributed by atoms with Crippen LogP contribution in [0.15, 0.2) is 6.07 Å². The van der Waals surface area contributed by atoms with E-state index in [2.05, 4.69) is 10.3 Å². The molecule has 1 saturated heterocycles. The van der Waals surface area contributed by atoms with Crippen LogP contribution in [0.4, 0.5) is 5.82 Å². The summed E-state index contributed by atoms with van der Waals surface area (Å²) in [6.45, 7) is 6.36. The van der Waals surface area contributed by atoms with Crippen molar-refractivity contribution in [3.63, 3.8) is 0 Å². The van der Waals surface area contributed by atoms with Gasteiger partial charge in [-0.1, -0.05) is 0 Å². The number of primary amides is 1. The highest BCUT2D eigenvalue weighted by atomic mass is 16.5. The minimum absolute atomic E-state index is 0.441. The molecular weight excluding hydrogens is 254 g/mol. The standard InChI is InChI=1S/C15H23N3O2/c1-10-8-13(14(16)19)15(18-11(10)2)17-6-5-12-4-3-7-20-9-12/h8,12H,3-7,9H2,1-2H3,(H2,16,19)(H,17,18)/t12-/m1/s1. The third-order valence-electron chi connectivity index (χ3n) is 3.83. The van der Waals surface area contributed by atoms with Crippen molar-refractivity contribution in [2.75, 3.05) is 25.1 Å². The number of pyridine rings is 1. The fourth-order valence-corrected chi connectivity index (χ4v) is 2.46. The highest BCUT2D eigenvalue weighted by Crippen LogP contribution is 2.19. The second-order valence-electron chi connectivity index (χ2n) is 5.45. The third-order valence-corrected chi connectivity index (χ3v) is 3.83. The molecule has 0 unspecified atom stereocenters. The number of nitrogens with one attached hydrogen (secondary N) is 1. The normalized spacial score (nSPS) is 18.8. The zero-order valence-corrected chi connectivity index (χ0v) is 12.2. The van der Waals surface area contributed by atoms with Crippen molar-refractivity contribution in [1.29, 1.82) is 0 Å². The number of carbonyl (C=O) groups is 1. The average Bonchev–Trinajstić information content (AvgIpc) is 2.43. The molecule has 5 heteroatoms. The Morgan fingerprint density at radius 3 is 3.00 bits per heavy atom. The summed E-state index contributed by atoms with van der Waals surface area (Å²) in [5, 5.41) is 3.24. The fraction of sp³-hybridized carbons (Fsp3) is 0.600. The van der Waals surface area contributed by atoms with Crippen molar-refractivity contribution in [3.8, 4) is 0 Å². The number of hydrogen-bond acceptors (Lipinski definition) is 4. The number of aryl methyl sites for hydroxylation is 2. The molecule has 1 fully saturated rings. The predicted molar refractivity (Wildman–Crippen MR) is 78.9 cm³/mol. The lowest BCUT2D eigenvalue weighted by molar-refractivity contribution is 0.0530. The Kier molecular flexibility index (Phi) is 4.95. The van der Waals surface area contributed by atoms with E-state index in [0.29, 0.717) is 17.3 Å². The van der Waals surface area contributed by atoms with Crippen LogP contribution in [0.5, 0.6) is 0 Å². The van der Waals surface area contributed by atoms with Crippen LogP contribution in [0.3, 0.4) is 0 Å². The fourth-order valence-electron chi connectivity index (χ4n) is 2.46. The number of carbonyl (C=O) groups excluding carboxylic acids is 1. The molecule has 1 aromatic heterocycles. The van der Waals surface area contributed by atoms with Gasteiger partial charge in [0, 0.05) is 25.5 Å². The van der Waals surface area contributed by atoms with Crippen LogP contribution in [0.2, 0.25) is 0 Å². The monoisotopic (exact) mass is 277 g/mol. The van der Waals surface area contributed by atoms with Gasteiger partial charge in [-0.15, -0.1) is 0 Å². The van der Waals surface area contributed by atoms with Gasteiger partial charge in [-0.25, -0.2) is 4.98 Å². The Morgan fingerprint density at radius 2 is 2.35 bits per heavy atom. The van der Waals surface area contributed by atoms with E-state index in [9.17, 15) is 4.79 Å². The van der Waals surface area contributed by atoms with Crippen LogP contribution in [0.25, 0.3) is 0 Å². The summed E-state index contributed by atoms with van der Waals surface area (Å²) in [7, 11) is 0. The van der Waals surface area contributed by atoms with Crippen molar-refractivity contribution < 1.29 is 9.53 Å². The lowest BCUT2D eigenvalue weighted by Gasteiger charge is -2.22. The SMILES string of the molecule is Cc1cc(C(N)=O)c(NCC[C@H]2CCCOC2)nc1C. The Hall–Kier alpha value is -1.62. The minimum atomic E-state index is -0.441. The molecule has 5 nitrogen and oxygen atoms in total. The van der Waals surface area contributed by atoms with E-state index in [1.807, 2.05) is 13.8 Å². The Labute approximate surface area is 119 Å². The first kappa shape index (κ1) is 14.8. The van der Waals surface area contributed by atoms with Gasteiger partial charge >= 0.3 is 0 Å². The summed E-state index contributed by atoms with van der Waals surface area (Å²) in [6.07, 6.45) is 3.37. The van der Waals surface area contributed by atoms with E-state index < -0.39 is 5.91 Å². The maximum Gasteiger partial charge on any atom is 0.252 e. The second-order valence-corrected chi connectivity index (χ2v) is 5.45. The van der Waals surface area contributed by atoms with Crippen LogP contribution >= 0.6 is 0 Å². The molecule has 1 aliphatic rings. The summed E-state index contributed by atoms with van der Waals surface area (Å²) < 4.78 is 5.46. The van der Waals surface area contributed by atoms with Gasteiger partial charge in [0.25, 0.3) is 5.91 Å². The molecule has 0 aromatic carbocycles. The molecule has 0 saturated carbocycles. The molecule has 3 N–H and O–H groups in total. The molecule has 1 amide bonds. The highest BCUT2D eigenvalue weighted by Gasteiger charge is 2.15. The zero-order chi connectivity index (χ0) is 14.5. The van der Waals surface area contributed by atoms with Crippen molar-refractivity contribution in [2.24, 2.45) is 11.7 Å². The Balaban J connectivity index is 1.97. The molecule has 20 heavy (non-hydrogen) atoms. The molecule has 0 radical (unpaired) electrons. The zero-order valence-electron chi connectivity index (χ0n) is 12.2. The second kappa shape index (κ2) is 6.70. The first-order valence-electron chi connectivity index (χ1n) is 7.17. The topological polar surface area (TPSA) is 77.2 Å². The van der Waals surface area contributed by atoms with E-state index in [-0.39, 0.29) is 0 Å². The Morgan fingerprint density at radius 1 is 1.55 bits per heavy atom. The number of rotatable bonds is 5. The quantitative estimate of drug-likeness (QED) is 0.863. The first-order chi connectivity index (χ1) is 9.58. The lowest BCUT2D eigenvalue weighted by Crippen LogP contribution is -2.21. The van der Waals surface area contributed by atoms with E-state index in [0.717, 1.165) is 43.9 Å². The molecule has 0 spiro atoms. The summed E-state index contributed by atoms with van der Waals surface area (Å²) in [5.74, 6) is 0.751. The molecule has 110 valence electrons. The number of amides is 1. The number of aromatic nitrogens is 1. The maximum absolute atomic E-state index is 11.5. The van der Waals surface area contributed by atoms with Crippen LogP contribution < -0.4 is 11.1 Å². The molecule has 2 rings (SSSR count).